The van der Waals surface area contributed by atoms with E-state index >= 15 is 0 Å². The standard InChI is InChI=1S/C11H12N4O2/c1-8-7-9(3-4-10(8)15(16)17)12-11-5-6-14(2)13-11/h3-7H,1-2H3,(H,12,13). The molecule has 2 aromatic rings. The molecule has 0 aliphatic heterocycles. The Bertz CT molecular complexity index is 562. The predicted molar refractivity (Wildman–Crippen MR) is 64.3 cm³/mol. The van der Waals surface area contributed by atoms with Gasteiger partial charge in [0.05, 0.1) is 4.92 Å². The van der Waals surface area contributed by atoms with Crippen molar-refractivity contribution in [3.63, 3.8) is 0 Å². The molecule has 17 heavy (non-hydrogen) atoms. The highest BCUT2D eigenvalue weighted by atomic mass is 16.6. The van der Waals surface area contributed by atoms with Crippen LogP contribution in [0.25, 0.3) is 0 Å². The van der Waals surface area contributed by atoms with Gasteiger partial charge in [-0.1, -0.05) is 0 Å². The average molecular weight is 232 g/mol. The van der Waals surface area contributed by atoms with E-state index in [1.807, 2.05) is 19.3 Å². The number of nitro benzene ring substituents is 1. The molecule has 88 valence electrons. The molecule has 1 heterocycles. The van der Waals surface area contributed by atoms with E-state index in [0.717, 1.165) is 5.69 Å². The van der Waals surface area contributed by atoms with E-state index in [1.165, 1.54) is 6.07 Å². The van der Waals surface area contributed by atoms with Gasteiger partial charge in [0.1, 0.15) is 0 Å². The van der Waals surface area contributed by atoms with Crippen LogP contribution in [0.4, 0.5) is 17.2 Å². The Morgan fingerprint density at radius 3 is 2.71 bits per heavy atom. The summed E-state index contributed by atoms with van der Waals surface area (Å²) >= 11 is 0. The number of anilines is 2. The Morgan fingerprint density at radius 2 is 2.18 bits per heavy atom. The third-order valence-electron chi connectivity index (χ3n) is 2.38. The number of nitrogens with one attached hydrogen (secondary N) is 1. The summed E-state index contributed by atoms with van der Waals surface area (Å²) in [5, 5.41) is 17.9. The lowest BCUT2D eigenvalue weighted by Crippen LogP contribution is -1.96. The molecular formula is C11H12N4O2. The van der Waals surface area contributed by atoms with Crippen molar-refractivity contribution < 1.29 is 4.92 Å². The summed E-state index contributed by atoms with van der Waals surface area (Å²) in [7, 11) is 1.83. The maximum Gasteiger partial charge on any atom is 0.272 e. The molecule has 2 rings (SSSR count). The number of aryl methyl sites for hydroxylation is 2. The van der Waals surface area contributed by atoms with Crippen LogP contribution in [0.1, 0.15) is 5.56 Å². The first-order valence-electron chi connectivity index (χ1n) is 5.08. The predicted octanol–water partition coefficient (Wildman–Crippen LogP) is 2.38. The minimum atomic E-state index is -0.389. The summed E-state index contributed by atoms with van der Waals surface area (Å²) in [4.78, 5) is 10.3. The largest absolute Gasteiger partial charge is 0.339 e. The van der Waals surface area contributed by atoms with E-state index in [1.54, 1.807) is 23.7 Å². The molecule has 0 fully saturated rings. The normalized spacial score (nSPS) is 10.2. The number of hydrogen-bond donors (Lipinski definition) is 1. The highest BCUT2D eigenvalue weighted by Crippen LogP contribution is 2.23. The number of nitro groups is 1. The van der Waals surface area contributed by atoms with Crippen molar-refractivity contribution >= 4 is 17.2 Å². The van der Waals surface area contributed by atoms with Gasteiger partial charge in [0.2, 0.25) is 0 Å². The van der Waals surface area contributed by atoms with Crippen molar-refractivity contribution in [1.82, 2.24) is 9.78 Å². The van der Waals surface area contributed by atoms with Gasteiger partial charge in [-0.25, -0.2) is 0 Å². The maximum atomic E-state index is 10.7. The molecule has 0 saturated carbocycles. The van der Waals surface area contributed by atoms with Gasteiger partial charge >= 0.3 is 0 Å². The SMILES string of the molecule is Cc1cc(Nc2ccn(C)n2)ccc1[N+](=O)[O-]. The minimum absolute atomic E-state index is 0.122. The molecule has 0 unspecified atom stereocenters. The van der Waals surface area contributed by atoms with Gasteiger partial charge in [0.25, 0.3) is 5.69 Å². The van der Waals surface area contributed by atoms with Crippen molar-refractivity contribution in [3.8, 4) is 0 Å². The number of hydrogen-bond acceptors (Lipinski definition) is 4. The van der Waals surface area contributed by atoms with Gasteiger partial charge in [-0.05, 0) is 19.1 Å². The molecule has 0 radical (unpaired) electrons. The summed E-state index contributed by atoms with van der Waals surface area (Å²) in [5.74, 6) is 0.709. The molecule has 0 spiro atoms. The number of aromatic nitrogens is 2. The van der Waals surface area contributed by atoms with Gasteiger partial charge in [-0.3, -0.25) is 14.8 Å². The molecule has 0 amide bonds. The quantitative estimate of drug-likeness (QED) is 0.651. The van der Waals surface area contributed by atoms with Gasteiger partial charge in [0, 0.05) is 36.6 Å². The van der Waals surface area contributed by atoms with Crippen molar-refractivity contribution in [2.24, 2.45) is 7.05 Å². The Morgan fingerprint density at radius 1 is 1.41 bits per heavy atom. The van der Waals surface area contributed by atoms with Gasteiger partial charge < -0.3 is 5.32 Å². The lowest BCUT2D eigenvalue weighted by atomic mass is 10.2. The summed E-state index contributed by atoms with van der Waals surface area (Å²) in [5.41, 5.74) is 1.53. The van der Waals surface area contributed by atoms with Crippen molar-refractivity contribution in [2.45, 2.75) is 6.92 Å². The van der Waals surface area contributed by atoms with E-state index in [4.69, 9.17) is 0 Å². The zero-order chi connectivity index (χ0) is 12.4. The molecule has 0 saturated heterocycles. The van der Waals surface area contributed by atoms with E-state index in [2.05, 4.69) is 10.4 Å². The van der Waals surface area contributed by atoms with Gasteiger partial charge in [-0.15, -0.1) is 0 Å². The van der Waals surface area contributed by atoms with Crippen LogP contribution < -0.4 is 5.32 Å². The lowest BCUT2D eigenvalue weighted by Gasteiger charge is -2.04. The van der Waals surface area contributed by atoms with Crippen LogP contribution in [-0.2, 0) is 7.05 Å². The molecule has 1 aromatic carbocycles. The highest BCUT2D eigenvalue weighted by molar-refractivity contribution is 5.60. The summed E-state index contributed by atoms with van der Waals surface area (Å²) in [6.07, 6.45) is 1.82. The molecule has 0 aliphatic carbocycles. The van der Waals surface area contributed by atoms with Crippen LogP contribution in [0.3, 0.4) is 0 Å². The second-order valence-corrected chi connectivity index (χ2v) is 3.76. The molecule has 1 N–H and O–H groups in total. The molecule has 6 heteroatoms. The first-order chi connectivity index (χ1) is 8.06. The van der Waals surface area contributed by atoms with E-state index in [-0.39, 0.29) is 10.6 Å². The highest BCUT2D eigenvalue weighted by Gasteiger charge is 2.10. The fourth-order valence-corrected chi connectivity index (χ4v) is 1.57. The number of nitrogens with zero attached hydrogens (tertiary/aromatic N) is 3. The van der Waals surface area contributed by atoms with Gasteiger partial charge in [0.15, 0.2) is 5.82 Å². The Labute approximate surface area is 98.0 Å². The zero-order valence-corrected chi connectivity index (χ0v) is 9.54. The van der Waals surface area contributed by atoms with Crippen molar-refractivity contribution in [2.75, 3.05) is 5.32 Å². The van der Waals surface area contributed by atoms with Gasteiger partial charge in [-0.2, -0.15) is 5.10 Å². The third kappa shape index (κ3) is 2.41. The fraction of sp³-hybridized carbons (Fsp3) is 0.182. The fourth-order valence-electron chi connectivity index (χ4n) is 1.57. The van der Waals surface area contributed by atoms with Crippen LogP contribution in [0.15, 0.2) is 30.5 Å². The molecule has 6 nitrogen and oxygen atoms in total. The monoisotopic (exact) mass is 232 g/mol. The van der Waals surface area contributed by atoms with Crippen LogP contribution in [0.2, 0.25) is 0 Å². The zero-order valence-electron chi connectivity index (χ0n) is 9.54. The van der Waals surface area contributed by atoms with Crippen molar-refractivity contribution in [3.05, 3.63) is 46.1 Å². The minimum Gasteiger partial charge on any atom is -0.339 e. The molecular weight excluding hydrogens is 220 g/mol. The Kier molecular flexibility index (Phi) is 2.78. The molecule has 0 bridgehead atoms. The summed E-state index contributed by atoms with van der Waals surface area (Å²) in [6.45, 7) is 1.71. The van der Waals surface area contributed by atoms with E-state index in [9.17, 15) is 10.1 Å². The number of rotatable bonds is 3. The smallest absolute Gasteiger partial charge is 0.272 e. The molecule has 1 aromatic heterocycles. The average Bonchev–Trinajstić information content (AvgIpc) is 2.63. The summed E-state index contributed by atoms with van der Waals surface area (Å²) < 4.78 is 1.68. The Hall–Kier alpha value is -2.37. The second-order valence-electron chi connectivity index (χ2n) is 3.76. The van der Waals surface area contributed by atoms with Crippen LogP contribution in [0, 0.1) is 17.0 Å². The topological polar surface area (TPSA) is 73.0 Å². The van der Waals surface area contributed by atoms with Crippen LogP contribution >= 0.6 is 0 Å². The third-order valence-corrected chi connectivity index (χ3v) is 2.38. The molecule has 0 aliphatic rings. The first-order valence-corrected chi connectivity index (χ1v) is 5.08. The van der Waals surface area contributed by atoms with Crippen LogP contribution in [-0.4, -0.2) is 14.7 Å². The van der Waals surface area contributed by atoms with E-state index < -0.39 is 0 Å². The first kappa shape index (κ1) is 11.1. The van der Waals surface area contributed by atoms with E-state index in [0.29, 0.717) is 11.4 Å². The second kappa shape index (κ2) is 4.25. The van der Waals surface area contributed by atoms with Crippen LogP contribution in [0.5, 0.6) is 0 Å². The number of benzene rings is 1. The maximum absolute atomic E-state index is 10.7. The van der Waals surface area contributed by atoms with Crippen molar-refractivity contribution in [1.29, 1.82) is 0 Å². The Balaban J connectivity index is 2.23. The molecule has 0 atom stereocenters. The lowest BCUT2D eigenvalue weighted by molar-refractivity contribution is -0.385. The summed E-state index contributed by atoms with van der Waals surface area (Å²) in [6, 6.07) is 6.71.